The van der Waals surface area contributed by atoms with Gasteiger partial charge in [0.2, 0.25) is 5.91 Å². The first-order valence-electron chi connectivity index (χ1n) is 9.55. The molecule has 31 heavy (non-hydrogen) atoms. The second-order valence-electron chi connectivity index (χ2n) is 6.83. The minimum atomic E-state index is -0.420. The van der Waals surface area contributed by atoms with Crippen molar-refractivity contribution in [2.45, 2.75) is 6.92 Å². The number of carbonyl (C=O) groups is 2. The van der Waals surface area contributed by atoms with Crippen LogP contribution in [0, 0.1) is 6.92 Å². The highest BCUT2D eigenvalue weighted by Gasteiger charge is 2.19. The van der Waals surface area contributed by atoms with Crippen LogP contribution in [0.25, 0.3) is 17.1 Å². The maximum Gasteiger partial charge on any atom is 0.270 e. The van der Waals surface area contributed by atoms with E-state index in [1.807, 2.05) is 49.4 Å². The summed E-state index contributed by atoms with van der Waals surface area (Å²) in [7, 11) is 0. The summed E-state index contributed by atoms with van der Waals surface area (Å²) in [6.45, 7) is 1.72. The number of nitrogens with zero attached hydrogens (tertiary/aromatic N) is 2. The summed E-state index contributed by atoms with van der Waals surface area (Å²) < 4.78 is 7.87. The molecular formula is C23H19BrN4O3. The van der Waals surface area contributed by atoms with Crippen LogP contribution in [-0.2, 0) is 4.79 Å². The molecule has 2 aromatic heterocycles. The first-order valence-corrected chi connectivity index (χ1v) is 10.3. The van der Waals surface area contributed by atoms with Crippen molar-refractivity contribution in [3.8, 4) is 17.1 Å². The summed E-state index contributed by atoms with van der Waals surface area (Å²) in [6, 6.07) is 20.0. The maximum absolute atomic E-state index is 12.9. The van der Waals surface area contributed by atoms with Gasteiger partial charge in [-0.25, -0.2) is 4.68 Å². The number of aromatic nitrogens is 2. The Morgan fingerprint density at radius 2 is 1.87 bits per heavy atom. The maximum atomic E-state index is 12.9. The molecule has 0 saturated heterocycles. The molecule has 0 radical (unpaired) electrons. The van der Waals surface area contributed by atoms with Crippen LogP contribution in [0.1, 0.15) is 16.1 Å². The number of hydrogen-bond donors (Lipinski definition) is 2. The van der Waals surface area contributed by atoms with Crippen molar-refractivity contribution in [2.24, 2.45) is 0 Å². The van der Waals surface area contributed by atoms with Gasteiger partial charge < -0.3 is 15.1 Å². The van der Waals surface area contributed by atoms with Crippen molar-refractivity contribution in [2.75, 3.05) is 11.9 Å². The molecular weight excluding hydrogens is 460 g/mol. The van der Waals surface area contributed by atoms with Gasteiger partial charge in [0.25, 0.3) is 5.91 Å². The van der Waals surface area contributed by atoms with Crippen LogP contribution in [0.3, 0.4) is 0 Å². The Bertz CT molecular complexity index is 1220. The smallest absolute Gasteiger partial charge is 0.270 e. The summed E-state index contributed by atoms with van der Waals surface area (Å²) in [6.07, 6.45) is 1.55. The minimum Gasteiger partial charge on any atom is -0.463 e. The molecule has 0 bridgehead atoms. The number of para-hydroxylation sites is 1. The molecule has 2 amide bonds. The average molecular weight is 479 g/mol. The number of halogens is 1. The van der Waals surface area contributed by atoms with Crippen LogP contribution < -0.4 is 10.6 Å². The number of rotatable bonds is 6. The minimum absolute atomic E-state index is 0.176. The van der Waals surface area contributed by atoms with E-state index in [2.05, 4.69) is 31.7 Å². The van der Waals surface area contributed by atoms with Gasteiger partial charge >= 0.3 is 0 Å². The third-order valence-electron chi connectivity index (χ3n) is 4.59. The van der Waals surface area contributed by atoms with E-state index in [4.69, 9.17) is 4.42 Å². The fraction of sp³-hybridized carbons (Fsp3) is 0.0870. The second kappa shape index (κ2) is 9.01. The van der Waals surface area contributed by atoms with Crippen LogP contribution >= 0.6 is 15.9 Å². The lowest BCUT2D eigenvalue weighted by atomic mass is 10.2. The van der Waals surface area contributed by atoms with Crippen LogP contribution in [0.2, 0.25) is 0 Å². The van der Waals surface area contributed by atoms with E-state index < -0.39 is 5.91 Å². The molecule has 0 aliphatic carbocycles. The Morgan fingerprint density at radius 1 is 1.06 bits per heavy atom. The van der Waals surface area contributed by atoms with Gasteiger partial charge in [-0.3, -0.25) is 9.59 Å². The molecule has 2 N–H and O–H groups in total. The molecule has 0 atom stereocenters. The number of anilines is 1. The van der Waals surface area contributed by atoms with E-state index in [0.29, 0.717) is 22.8 Å². The van der Waals surface area contributed by atoms with Gasteiger partial charge in [0.05, 0.1) is 18.5 Å². The van der Waals surface area contributed by atoms with E-state index in [-0.39, 0.29) is 12.5 Å². The van der Waals surface area contributed by atoms with Gasteiger partial charge in [-0.05, 0) is 55.0 Å². The largest absolute Gasteiger partial charge is 0.463 e. The average Bonchev–Trinajstić information content (AvgIpc) is 3.45. The molecule has 0 spiro atoms. The molecule has 2 aromatic carbocycles. The molecule has 4 rings (SSSR count). The Morgan fingerprint density at radius 3 is 2.58 bits per heavy atom. The predicted octanol–water partition coefficient (Wildman–Crippen LogP) is 4.57. The third-order valence-corrected chi connectivity index (χ3v) is 5.08. The zero-order valence-corrected chi connectivity index (χ0v) is 18.2. The number of aryl methyl sites for hydroxylation is 1. The number of hydrogen-bond acceptors (Lipinski definition) is 4. The van der Waals surface area contributed by atoms with Gasteiger partial charge in [0.15, 0.2) is 5.76 Å². The second-order valence-corrected chi connectivity index (χ2v) is 7.75. The Kier molecular flexibility index (Phi) is 5.99. The molecule has 0 unspecified atom stereocenters. The van der Waals surface area contributed by atoms with Crippen molar-refractivity contribution in [1.29, 1.82) is 0 Å². The summed E-state index contributed by atoms with van der Waals surface area (Å²) in [5.74, 6) is -0.195. The summed E-state index contributed by atoms with van der Waals surface area (Å²) >= 11 is 3.40. The van der Waals surface area contributed by atoms with Gasteiger partial charge in [-0.15, -0.1) is 0 Å². The van der Waals surface area contributed by atoms with Crippen molar-refractivity contribution < 1.29 is 14.0 Å². The molecule has 2 heterocycles. The monoisotopic (exact) mass is 478 g/mol. The standard InChI is InChI=1S/C23H19BrN4O3/c1-15-12-16(24)9-10-18(15)26-22(29)14-25-23(30)20-13-19(21-8-5-11-31-21)27-28(20)17-6-3-2-4-7-17/h2-13H,14H2,1H3,(H,25,30)(H,26,29). The molecule has 0 fully saturated rings. The van der Waals surface area contributed by atoms with Crippen LogP contribution in [0.5, 0.6) is 0 Å². The fourth-order valence-electron chi connectivity index (χ4n) is 3.07. The SMILES string of the molecule is Cc1cc(Br)ccc1NC(=O)CNC(=O)c1cc(-c2ccco2)nn1-c1ccccc1. The highest BCUT2D eigenvalue weighted by atomic mass is 79.9. The van der Waals surface area contributed by atoms with E-state index >= 15 is 0 Å². The van der Waals surface area contributed by atoms with Crippen LogP contribution in [0.4, 0.5) is 5.69 Å². The van der Waals surface area contributed by atoms with Gasteiger partial charge in [-0.1, -0.05) is 34.1 Å². The third kappa shape index (κ3) is 4.75. The Balaban J connectivity index is 1.51. The molecule has 0 saturated carbocycles. The molecule has 0 aliphatic rings. The van der Waals surface area contributed by atoms with Gasteiger partial charge in [-0.2, -0.15) is 5.10 Å². The topological polar surface area (TPSA) is 89.2 Å². The summed E-state index contributed by atoms with van der Waals surface area (Å²) in [5.41, 5.74) is 3.15. The van der Waals surface area contributed by atoms with E-state index in [9.17, 15) is 9.59 Å². The van der Waals surface area contributed by atoms with E-state index in [1.165, 1.54) is 4.68 Å². The lowest BCUT2D eigenvalue weighted by Gasteiger charge is -2.10. The molecule has 0 aliphatic heterocycles. The van der Waals surface area contributed by atoms with Crippen molar-refractivity contribution in [3.63, 3.8) is 0 Å². The number of carbonyl (C=O) groups excluding carboxylic acids is 2. The highest BCUT2D eigenvalue weighted by molar-refractivity contribution is 9.10. The first-order chi connectivity index (χ1) is 15.0. The van der Waals surface area contributed by atoms with Gasteiger partial charge in [0, 0.05) is 16.2 Å². The Hall–Kier alpha value is -3.65. The van der Waals surface area contributed by atoms with E-state index in [1.54, 1.807) is 30.5 Å². The quantitative estimate of drug-likeness (QED) is 0.424. The van der Waals surface area contributed by atoms with Crippen molar-refractivity contribution in [1.82, 2.24) is 15.1 Å². The Labute approximate surface area is 187 Å². The lowest BCUT2D eigenvalue weighted by molar-refractivity contribution is -0.115. The predicted molar refractivity (Wildman–Crippen MR) is 121 cm³/mol. The van der Waals surface area contributed by atoms with Crippen molar-refractivity contribution in [3.05, 3.63) is 88.7 Å². The first kappa shape index (κ1) is 20.6. The highest BCUT2D eigenvalue weighted by Crippen LogP contribution is 2.22. The van der Waals surface area contributed by atoms with E-state index in [0.717, 1.165) is 15.7 Å². The lowest BCUT2D eigenvalue weighted by Crippen LogP contribution is -2.34. The van der Waals surface area contributed by atoms with Crippen LogP contribution in [0.15, 0.2) is 81.9 Å². The summed E-state index contributed by atoms with van der Waals surface area (Å²) in [4.78, 5) is 25.3. The molecule has 156 valence electrons. The number of amides is 2. The van der Waals surface area contributed by atoms with Crippen molar-refractivity contribution >= 4 is 33.4 Å². The van der Waals surface area contributed by atoms with Gasteiger partial charge in [0.1, 0.15) is 11.4 Å². The number of nitrogens with one attached hydrogen (secondary N) is 2. The van der Waals surface area contributed by atoms with Crippen LogP contribution in [-0.4, -0.2) is 28.1 Å². The summed E-state index contributed by atoms with van der Waals surface area (Å²) in [5, 5.41) is 9.99. The zero-order valence-electron chi connectivity index (χ0n) is 16.6. The normalized spacial score (nSPS) is 10.6. The molecule has 8 heteroatoms. The molecule has 7 nitrogen and oxygen atoms in total. The zero-order chi connectivity index (χ0) is 21.8. The number of benzene rings is 2. The fourth-order valence-corrected chi connectivity index (χ4v) is 3.54. The molecule has 4 aromatic rings. The number of furan rings is 1.